The second-order valence-corrected chi connectivity index (χ2v) is 16.5. The van der Waals surface area contributed by atoms with Crippen molar-refractivity contribution >= 4 is 5.97 Å². The summed E-state index contributed by atoms with van der Waals surface area (Å²) in [7, 11) is 0. The highest BCUT2D eigenvalue weighted by molar-refractivity contribution is 5.66. The summed E-state index contributed by atoms with van der Waals surface area (Å²) in [5.41, 5.74) is 14.8. The van der Waals surface area contributed by atoms with Crippen LogP contribution in [0, 0.1) is 0 Å². The van der Waals surface area contributed by atoms with E-state index < -0.39 is 5.97 Å². The Morgan fingerprint density at radius 3 is 0.574 bits per heavy atom. The Morgan fingerprint density at radius 2 is 0.426 bits per heavy atom. The van der Waals surface area contributed by atoms with Crippen molar-refractivity contribution in [3.05, 3.63) is 116 Å². The quantitative estimate of drug-likeness (QED) is 0.0745. The van der Waals surface area contributed by atoms with Gasteiger partial charge in [-0.1, -0.05) is 116 Å². The Labute approximate surface area is 335 Å². The van der Waals surface area contributed by atoms with Crippen molar-refractivity contribution in [1.82, 2.24) is 0 Å². The van der Waals surface area contributed by atoms with Crippen LogP contribution < -0.4 is 0 Å². The molecular weight excluding hydrogens is 657 g/mol. The minimum absolute atomic E-state index is 0.220. The Hall–Kier alpha value is -3.13. The van der Waals surface area contributed by atoms with Gasteiger partial charge >= 0.3 is 5.97 Å². The summed E-state index contributed by atoms with van der Waals surface area (Å²) < 4.78 is 0. The molecule has 1 N–H and O–H groups in total. The van der Waals surface area contributed by atoms with E-state index in [1.165, 1.54) is 87.8 Å². The van der Waals surface area contributed by atoms with Crippen LogP contribution in [-0.4, -0.2) is 11.1 Å². The van der Waals surface area contributed by atoms with E-state index >= 15 is 0 Å². The zero-order valence-corrected chi connectivity index (χ0v) is 37.3. The van der Waals surface area contributed by atoms with Crippen molar-refractivity contribution in [2.75, 3.05) is 0 Å². The third kappa shape index (κ3) is 34.6. The number of carboxylic acids is 1. The zero-order chi connectivity index (χ0) is 40.6. The Balaban J connectivity index is 4.25. The average molecular weight is 741 g/mol. The number of allylic oxidation sites excluding steroid dienone is 20. The first-order valence-corrected chi connectivity index (χ1v) is 21.4. The molecule has 0 radical (unpaired) electrons. The van der Waals surface area contributed by atoms with Crippen LogP contribution in [0.5, 0.6) is 0 Å². The van der Waals surface area contributed by atoms with Gasteiger partial charge < -0.3 is 5.11 Å². The predicted molar refractivity (Wildman–Crippen MR) is 243 cm³/mol. The standard InChI is InChI=1S/C52H84O2/c1-42(2)22-12-23-43(3)24-13-25-44(4)26-14-27-45(5)28-15-29-46(6)30-16-31-47(7)32-17-33-48(8)34-18-35-49(9)36-19-37-50(10)38-20-39-51(11)40-21-41-52(53)54/h22,24,26,28,30,32,34,36,38,40H,12-21,23,25,27,29,31,33,35,37,39,41H2,1-11H3,(H,53,54)/b43-24+,44-26+,45-28+,46-30+,47-32+,48-34+,49-36+,50-38+,51-40+. The van der Waals surface area contributed by atoms with Crippen LogP contribution in [0.4, 0.5) is 0 Å². The number of rotatable bonds is 30. The molecule has 0 rings (SSSR count). The topological polar surface area (TPSA) is 37.3 Å². The molecule has 304 valence electrons. The van der Waals surface area contributed by atoms with Crippen LogP contribution >= 0.6 is 0 Å². The van der Waals surface area contributed by atoms with Gasteiger partial charge in [-0.3, -0.25) is 4.79 Å². The Morgan fingerprint density at radius 1 is 0.278 bits per heavy atom. The van der Waals surface area contributed by atoms with Crippen molar-refractivity contribution < 1.29 is 9.90 Å². The summed E-state index contributed by atoms with van der Waals surface area (Å²) in [4.78, 5) is 10.7. The molecule has 0 heterocycles. The van der Waals surface area contributed by atoms with E-state index in [9.17, 15) is 4.79 Å². The van der Waals surface area contributed by atoms with Gasteiger partial charge in [0.25, 0.3) is 0 Å². The van der Waals surface area contributed by atoms with Crippen molar-refractivity contribution in [2.24, 2.45) is 0 Å². The highest BCUT2D eigenvalue weighted by Crippen LogP contribution is 2.18. The van der Waals surface area contributed by atoms with Crippen LogP contribution in [0.1, 0.15) is 205 Å². The number of aliphatic carboxylic acids is 1. The Bertz CT molecular complexity index is 1370. The molecule has 0 saturated heterocycles. The molecule has 0 aliphatic carbocycles. The molecule has 54 heavy (non-hydrogen) atoms. The second-order valence-electron chi connectivity index (χ2n) is 16.5. The molecule has 0 unspecified atom stereocenters. The number of hydrogen-bond acceptors (Lipinski definition) is 1. The molecule has 0 spiro atoms. The molecule has 0 amide bonds. The maximum Gasteiger partial charge on any atom is 0.303 e. The van der Waals surface area contributed by atoms with Crippen LogP contribution in [0.3, 0.4) is 0 Å². The van der Waals surface area contributed by atoms with Crippen molar-refractivity contribution in [1.29, 1.82) is 0 Å². The fourth-order valence-electron chi connectivity index (χ4n) is 6.32. The summed E-state index contributed by atoms with van der Waals surface area (Å²) in [6.07, 6.45) is 45.2. The zero-order valence-electron chi connectivity index (χ0n) is 37.3. The highest BCUT2D eigenvalue weighted by Gasteiger charge is 1.98. The van der Waals surface area contributed by atoms with Crippen LogP contribution in [0.25, 0.3) is 0 Å². The molecular formula is C52H84O2. The molecule has 0 aromatic heterocycles. The number of carbonyl (C=O) groups is 1. The maximum absolute atomic E-state index is 10.7. The first kappa shape index (κ1) is 50.9. The molecule has 0 aliphatic heterocycles. The normalized spacial score (nSPS) is 14.6. The summed E-state index contributed by atoms with van der Waals surface area (Å²) in [6, 6.07) is 0. The van der Waals surface area contributed by atoms with Crippen LogP contribution in [-0.2, 0) is 4.79 Å². The second kappa shape index (κ2) is 33.2. The smallest absolute Gasteiger partial charge is 0.303 e. The van der Waals surface area contributed by atoms with Gasteiger partial charge in [-0.05, 0) is 198 Å². The van der Waals surface area contributed by atoms with Crippen molar-refractivity contribution in [3.63, 3.8) is 0 Å². The largest absolute Gasteiger partial charge is 0.481 e. The maximum atomic E-state index is 10.7. The van der Waals surface area contributed by atoms with Gasteiger partial charge in [0.2, 0.25) is 0 Å². The summed E-state index contributed by atoms with van der Waals surface area (Å²) in [5.74, 6) is -0.724. The summed E-state index contributed by atoms with van der Waals surface area (Å²) in [6.45, 7) is 24.7. The van der Waals surface area contributed by atoms with Gasteiger partial charge in [0.15, 0.2) is 0 Å². The molecule has 0 fully saturated rings. The highest BCUT2D eigenvalue weighted by atomic mass is 16.4. The fourth-order valence-corrected chi connectivity index (χ4v) is 6.32. The lowest BCUT2D eigenvalue weighted by atomic mass is 10.0. The molecule has 0 atom stereocenters. The molecule has 2 heteroatoms. The molecule has 0 aromatic rings. The third-order valence-electron chi connectivity index (χ3n) is 10.2. The first-order valence-electron chi connectivity index (χ1n) is 21.4. The monoisotopic (exact) mass is 741 g/mol. The van der Waals surface area contributed by atoms with E-state index in [0.717, 1.165) is 83.5 Å². The summed E-state index contributed by atoms with van der Waals surface area (Å²) in [5, 5.41) is 8.77. The van der Waals surface area contributed by atoms with E-state index in [4.69, 9.17) is 5.11 Å². The van der Waals surface area contributed by atoms with Gasteiger partial charge in [-0.25, -0.2) is 0 Å². The average Bonchev–Trinajstić information content (AvgIpc) is 3.08. The van der Waals surface area contributed by atoms with Gasteiger partial charge in [-0.15, -0.1) is 0 Å². The van der Waals surface area contributed by atoms with Gasteiger partial charge in [0.1, 0.15) is 0 Å². The molecule has 0 aromatic carbocycles. The molecule has 0 aliphatic rings. The lowest BCUT2D eigenvalue weighted by Gasteiger charge is -2.04. The van der Waals surface area contributed by atoms with Gasteiger partial charge in [0, 0.05) is 6.42 Å². The molecule has 0 saturated carbocycles. The number of hydrogen-bond donors (Lipinski definition) is 1. The van der Waals surface area contributed by atoms with Crippen LogP contribution in [0.15, 0.2) is 116 Å². The van der Waals surface area contributed by atoms with E-state index in [1.54, 1.807) is 0 Å². The lowest BCUT2D eigenvalue weighted by Crippen LogP contribution is -1.92. The Kier molecular flexibility index (Phi) is 31.3. The minimum atomic E-state index is -0.724. The lowest BCUT2D eigenvalue weighted by molar-refractivity contribution is -0.136. The van der Waals surface area contributed by atoms with Gasteiger partial charge in [-0.2, -0.15) is 0 Å². The van der Waals surface area contributed by atoms with E-state index in [1.807, 2.05) is 0 Å². The first-order chi connectivity index (χ1) is 25.7. The molecule has 0 bridgehead atoms. The van der Waals surface area contributed by atoms with Crippen LogP contribution in [0.2, 0.25) is 0 Å². The third-order valence-corrected chi connectivity index (χ3v) is 10.2. The minimum Gasteiger partial charge on any atom is -0.481 e. The summed E-state index contributed by atoms with van der Waals surface area (Å²) >= 11 is 0. The SMILES string of the molecule is CC(C)=CCC/C(C)=C/CC/C(C)=C/CC/C(C)=C/CC/C(C)=C/CC/C(C)=C/CC/C(C)=C/CC/C(C)=C/CC/C(C)=C/CC/C(C)=C/CCC(=O)O. The predicted octanol–water partition coefficient (Wildman–Crippen LogP) is 17.4. The number of carboxylic acid groups (broad SMARTS) is 1. The van der Waals surface area contributed by atoms with Crippen molar-refractivity contribution in [3.8, 4) is 0 Å². The van der Waals surface area contributed by atoms with E-state index in [2.05, 4.69) is 137 Å². The van der Waals surface area contributed by atoms with Gasteiger partial charge in [0.05, 0.1) is 0 Å². The van der Waals surface area contributed by atoms with E-state index in [-0.39, 0.29) is 6.42 Å². The fraction of sp³-hybridized carbons (Fsp3) is 0.596. The van der Waals surface area contributed by atoms with E-state index in [0.29, 0.717) is 6.42 Å². The van der Waals surface area contributed by atoms with Crippen molar-refractivity contribution in [2.45, 2.75) is 205 Å². The molecule has 2 nitrogen and oxygen atoms in total.